The number of aryl methyl sites for hydroxylation is 2. The standard InChI is InChI=1S/C19H22ClNO2S/c1-14-4-7-17(8-5-14)23-10-3-11-24-13-19(22)21-18-9-6-16(20)12-15(18)2/h4-9,12H,3,10-11,13H2,1-2H3,(H,21,22). The van der Waals surface area contributed by atoms with Gasteiger partial charge in [0, 0.05) is 10.7 Å². The molecule has 0 aromatic heterocycles. The first kappa shape index (κ1) is 18.7. The average molecular weight is 364 g/mol. The van der Waals surface area contributed by atoms with Crippen LogP contribution in [0.4, 0.5) is 5.69 Å². The molecule has 1 amide bonds. The minimum atomic E-state index is 0.00451. The van der Waals surface area contributed by atoms with Crippen molar-refractivity contribution in [3.8, 4) is 5.75 Å². The molecule has 2 rings (SSSR count). The van der Waals surface area contributed by atoms with Crippen LogP contribution in [0.5, 0.6) is 5.75 Å². The van der Waals surface area contributed by atoms with Gasteiger partial charge in [-0.25, -0.2) is 0 Å². The Morgan fingerprint density at radius 3 is 2.62 bits per heavy atom. The number of carbonyl (C=O) groups is 1. The van der Waals surface area contributed by atoms with Crippen LogP contribution in [0.2, 0.25) is 5.02 Å². The van der Waals surface area contributed by atoms with E-state index in [4.69, 9.17) is 16.3 Å². The molecule has 0 heterocycles. The molecule has 0 saturated carbocycles. The molecular weight excluding hydrogens is 342 g/mol. The summed E-state index contributed by atoms with van der Waals surface area (Å²) in [6.07, 6.45) is 0.909. The lowest BCUT2D eigenvalue weighted by Gasteiger charge is -2.09. The summed E-state index contributed by atoms with van der Waals surface area (Å²) in [5.74, 6) is 2.22. The fourth-order valence-corrected chi connectivity index (χ4v) is 3.05. The Balaban J connectivity index is 1.60. The summed E-state index contributed by atoms with van der Waals surface area (Å²) in [7, 11) is 0. The number of anilines is 1. The van der Waals surface area contributed by atoms with E-state index < -0.39 is 0 Å². The Kier molecular flexibility index (Phi) is 7.47. The molecule has 0 aliphatic heterocycles. The molecule has 2 aromatic carbocycles. The fraction of sp³-hybridized carbons (Fsp3) is 0.316. The van der Waals surface area contributed by atoms with Gasteiger partial charge < -0.3 is 10.1 Å². The van der Waals surface area contributed by atoms with Crippen LogP contribution in [-0.2, 0) is 4.79 Å². The summed E-state index contributed by atoms with van der Waals surface area (Å²) in [6.45, 7) is 4.64. The monoisotopic (exact) mass is 363 g/mol. The lowest BCUT2D eigenvalue weighted by Crippen LogP contribution is -2.15. The quantitative estimate of drug-likeness (QED) is 0.663. The summed E-state index contributed by atoms with van der Waals surface area (Å²) < 4.78 is 5.66. The summed E-state index contributed by atoms with van der Waals surface area (Å²) in [6, 6.07) is 13.5. The molecule has 0 saturated heterocycles. The maximum Gasteiger partial charge on any atom is 0.234 e. The van der Waals surface area contributed by atoms with Gasteiger partial charge in [0.1, 0.15) is 5.75 Å². The molecule has 0 unspecified atom stereocenters. The van der Waals surface area contributed by atoms with Crippen molar-refractivity contribution in [2.75, 3.05) is 23.4 Å². The molecule has 0 radical (unpaired) electrons. The van der Waals surface area contributed by atoms with E-state index in [1.807, 2.05) is 43.3 Å². The third-order valence-electron chi connectivity index (χ3n) is 3.42. The molecule has 0 spiro atoms. The zero-order chi connectivity index (χ0) is 17.4. The highest BCUT2D eigenvalue weighted by atomic mass is 35.5. The molecule has 1 N–H and O–H groups in total. The first-order valence-corrected chi connectivity index (χ1v) is 9.41. The van der Waals surface area contributed by atoms with Crippen LogP contribution in [0.1, 0.15) is 17.5 Å². The van der Waals surface area contributed by atoms with Gasteiger partial charge in [-0.05, 0) is 61.9 Å². The normalized spacial score (nSPS) is 10.5. The number of carbonyl (C=O) groups excluding carboxylic acids is 1. The van der Waals surface area contributed by atoms with E-state index in [-0.39, 0.29) is 5.91 Å². The third kappa shape index (κ3) is 6.46. The van der Waals surface area contributed by atoms with Crippen molar-refractivity contribution < 1.29 is 9.53 Å². The lowest BCUT2D eigenvalue weighted by molar-refractivity contribution is -0.113. The van der Waals surface area contributed by atoms with Crippen molar-refractivity contribution >= 4 is 35.0 Å². The summed E-state index contributed by atoms with van der Waals surface area (Å²) in [5, 5.41) is 3.58. The Hall–Kier alpha value is -1.65. The Bertz CT molecular complexity index is 674. The molecule has 24 heavy (non-hydrogen) atoms. The molecule has 0 bridgehead atoms. The van der Waals surface area contributed by atoms with Gasteiger partial charge in [0.05, 0.1) is 12.4 Å². The predicted octanol–water partition coefficient (Wildman–Crippen LogP) is 5.10. The van der Waals surface area contributed by atoms with Gasteiger partial charge in [-0.3, -0.25) is 4.79 Å². The maximum absolute atomic E-state index is 11.9. The van der Waals surface area contributed by atoms with Gasteiger partial charge >= 0.3 is 0 Å². The second kappa shape index (κ2) is 9.60. The molecule has 2 aromatic rings. The fourth-order valence-electron chi connectivity index (χ4n) is 2.10. The molecule has 0 fully saturated rings. The SMILES string of the molecule is Cc1ccc(OCCCSCC(=O)Nc2ccc(Cl)cc2C)cc1. The molecule has 128 valence electrons. The number of nitrogens with one attached hydrogen (secondary N) is 1. The molecule has 5 heteroatoms. The Labute approximate surface area is 152 Å². The van der Waals surface area contributed by atoms with Crippen LogP contribution in [0.25, 0.3) is 0 Å². The van der Waals surface area contributed by atoms with Crippen molar-refractivity contribution in [3.63, 3.8) is 0 Å². The van der Waals surface area contributed by atoms with E-state index in [2.05, 4.69) is 12.2 Å². The summed E-state index contributed by atoms with van der Waals surface area (Å²) >= 11 is 7.52. The number of rotatable bonds is 8. The Morgan fingerprint density at radius 1 is 1.17 bits per heavy atom. The van der Waals surface area contributed by atoms with Crippen LogP contribution in [-0.4, -0.2) is 24.0 Å². The zero-order valence-electron chi connectivity index (χ0n) is 14.0. The van der Waals surface area contributed by atoms with Crippen LogP contribution in [0.3, 0.4) is 0 Å². The van der Waals surface area contributed by atoms with E-state index >= 15 is 0 Å². The number of thioether (sulfide) groups is 1. The van der Waals surface area contributed by atoms with E-state index in [0.717, 1.165) is 29.2 Å². The second-order valence-electron chi connectivity index (χ2n) is 5.58. The van der Waals surface area contributed by atoms with E-state index in [1.165, 1.54) is 5.56 Å². The predicted molar refractivity (Wildman–Crippen MR) is 103 cm³/mol. The molecule has 0 aliphatic rings. The largest absolute Gasteiger partial charge is 0.494 e. The van der Waals surface area contributed by atoms with Gasteiger partial charge in [0.2, 0.25) is 5.91 Å². The van der Waals surface area contributed by atoms with Crippen molar-refractivity contribution in [2.24, 2.45) is 0 Å². The maximum atomic E-state index is 11.9. The van der Waals surface area contributed by atoms with E-state index in [1.54, 1.807) is 17.8 Å². The minimum absolute atomic E-state index is 0.00451. The molecular formula is C19H22ClNO2S. The zero-order valence-corrected chi connectivity index (χ0v) is 15.5. The van der Waals surface area contributed by atoms with Crippen LogP contribution in [0, 0.1) is 13.8 Å². The van der Waals surface area contributed by atoms with Crippen LogP contribution >= 0.6 is 23.4 Å². The highest BCUT2D eigenvalue weighted by Gasteiger charge is 2.05. The van der Waals surface area contributed by atoms with Crippen molar-refractivity contribution in [1.29, 1.82) is 0 Å². The molecule has 0 atom stereocenters. The first-order valence-electron chi connectivity index (χ1n) is 7.88. The van der Waals surface area contributed by atoms with Crippen molar-refractivity contribution in [2.45, 2.75) is 20.3 Å². The summed E-state index contributed by atoms with van der Waals surface area (Å²) in [5.41, 5.74) is 3.00. The van der Waals surface area contributed by atoms with Gasteiger partial charge in [0.15, 0.2) is 0 Å². The number of halogens is 1. The van der Waals surface area contributed by atoms with E-state index in [0.29, 0.717) is 17.4 Å². The van der Waals surface area contributed by atoms with Crippen LogP contribution in [0.15, 0.2) is 42.5 Å². The third-order valence-corrected chi connectivity index (χ3v) is 4.70. The summed E-state index contributed by atoms with van der Waals surface area (Å²) in [4.78, 5) is 11.9. The number of amides is 1. The van der Waals surface area contributed by atoms with Crippen molar-refractivity contribution in [3.05, 3.63) is 58.6 Å². The Morgan fingerprint density at radius 2 is 1.92 bits per heavy atom. The highest BCUT2D eigenvalue weighted by molar-refractivity contribution is 7.99. The average Bonchev–Trinajstić information content (AvgIpc) is 2.55. The first-order chi connectivity index (χ1) is 11.5. The van der Waals surface area contributed by atoms with Gasteiger partial charge in [-0.1, -0.05) is 29.3 Å². The molecule has 3 nitrogen and oxygen atoms in total. The van der Waals surface area contributed by atoms with Gasteiger partial charge in [-0.2, -0.15) is 11.8 Å². The van der Waals surface area contributed by atoms with Crippen LogP contribution < -0.4 is 10.1 Å². The number of hydrogen-bond donors (Lipinski definition) is 1. The minimum Gasteiger partial charge on any atom is -0.494 e. The molecule has 0 aliphatic carbocycles. The second-order valence-corrected chi connectivity index (χ2v) is 7.12. The van der Waals surface area contributed by atoms with Crippen molar-refractivity contribution in [1.82, 2.24) is 0 Å². The van der Waals surface area contributed by atoms with E-state index in [9.17, 15) is 4.79 Å². The topological polar surface area (TPSA) is 38.3 Å². The van der Waals surface area contributed by atoms with Gasteiger partial charge in [0.25, 0.3) is 0 Å². The number of ether oxygens (including phenoxy) is 1. The van der Waals surface area contributed by atoms with Gasteiger partial charge in [-0.15, -0.1) is 0 Å². The smallest absolute Gasteiger partial charge is 0.234 e. The number of benzene rings is 2. The lowest BCUT2D eigenvalue weighted by atomic mass is 10.2. The number of hydrogen-bond acceptors (Lipinski definition) is 3. The highest BCUT2D eigenvalue weighted by Crippen LogP contribution is 2.20.